The molecule has 0 radical (unpaired) electrons. The van der Waals surface area contributed by atoms with Crippen molar-refractivity contribution in [3.63, 3.8) is 0 Å². The van der Waals surface area contributed by atoms with Gasteiger partial charge in [-0.25, -0.2) is 9.78 Å². The number of carbonyl (C=O) groups excluding carboxylic acids is 2. The molecular formula is C21H19BrN2O4S. The van der Waals surface area contributed by atoms with Gasteiger partial charge in [0, 0.05) is 15.5 Å². The first kappa shape index (κ1) is 21.0. The molecule has 1 aromatic heterocycles. The summed E-state index contributed by atoms with van der Waals surface area (Å²) in [6.07, 6.45) is 0. The number of ether oxygens (including phenoxy) is 2. The zero-order chi connectivity index (χ0) is 20.8. The number of aromatic nitrogens is 1. The van der Waals surface area contributed by atoms with Gasteiger partial charge in [0.2, 0.25) is 0 Å². The van der Waals surface area contributed by atoms with E-state index in [1.54, 1.807) is 41.7 Å². The molecule has 150 valence electrons. The lowest BCUT2D eigenvalue weighted by molar-refractivity contribution is -0.119. The Morgan fingerprint density at radius 2 is 1.90 bits per heavy atom. The lowest BCUT2D eigenvalue weighted by atomic mass is 10.2. The fourth-order valence-corrected chi connectivity index (χ4v) is 3.56. The number of carbonyl (C=O) groups is 2. The zero-order valence-electron chi connectivity index (χ0n) is 15.9. The Morgan fingerprint density at radius 1 is 1.14 bits per heavy atom. The van der Waals surface area contributed by atoms with Crippen LogP contribution in [0.15, 0.2) is 52.3 Å². The number of esters is 1. The van der Waals surface area contributed by atoms with E-state index in [1.165, 1.54) is 0 Å². The van der Waals surface area contributed by atoms with Crippen molar-refractivity contribution in [3.8, 4) is 5.75 Å². The number of hydrogen-bond donors (Lipinski definition) is 1. The second-order valence-corrected chi connectivity index (χ2v) is 8.23. The van der Waals surface area contributed by atoms with Gasteiger partial charge in [-0.15, -0.1) is 11.3 Å². The van der Waals surface area contributed by atoms with Crippen LogP contribution in [0, 0.1) is 13.8 Å². The van der Waals surface area contributed by atoms with Gasteiger partial charge in [0.25, 0.3) is 5.91 Å². The van der Waals surface area contributed by atoms with Gasteiger partial charge >= 0.3 is 5.97 Å². The molecule has 0 saturated carbocycles. The van der Waals surface area contributed by atoms with Crippen molar-refractivity contribution in [2.45, 2.75) is 20.5 Å². The molecule has 0 unspecified atom stereocenters. The summed E-state index contributed by atoms with van der Waals surface area (Å²) in [5.41, 5.74) is 2.78. The Labute approximate surface area is 181 Å². The number of rotatable bonds is 7. The van der Waals surface area contributed by atoms with E-state index in [9.17, 15) is 9.59 Å². The van der Waals surface area contributed by atoms with Crippen molar-refractivity contribution in [2.75, 3.05) is 11.9 Å². The van der Waals surface area contributed by atoms with E-state index in [0.717, 1.165) is 20.7 Å². The number of aryl methyl sites for hydroxylation is 2. The van der Waals surface area contributed by atoms with E-state index >= 15 is 0 Å². The molecule has 3 aromatic rings. The summed E-state index contributed by atoms with van der Waals surface area (Å²) >= 11 is 4.94. The Hall–Kier alpha value is -2.71. The molecule has 0 bridgehead atoms. The summed E-state index contributed by atoms with van der Waals surface area (Å²) in [4.78, 5) is 28.5. The lowest BCUT2D eigenvalue weighted by Gasteiger charge is -2.10. The van der Waals surface area contributed by atoms with Gasteiger partial charge in [-0.2, -0.15) is 0 Å². The quantitative estimate of drug-likeness (QED) is 0.492. The second kappa shape index (κ2) is 9.67. The van der Waals surface area contributed by atoms with Crippen molar-refractivity contribution in [3.05, 3.63) is 74.1 Å². The molecule has 0 aliphatic rings. The maximum Gasteiger partial charge on any atom is 0.338 e. The number of nitrogens with zero attached hydrogens (tertiary/aromatic N) is 1. The Kier molecular flexibility index (Phi) is 7.00. The molecule has 0 aliphatic carbocycles. The summed E-state index contributed by atoms with van der Waals surface area (Å²) in [5.74, 6) is -0.354. The monoisotopic (exact) mass is 474 g/mol. The van der Waals surface area contributed by atoms with Crippen LogP contribution >= 0.6 is 27.3 Å². The molecule has 2 aromatic carbocycles. The number of benzene rings is 2. The topological polar surface area (TPSA) is 77.5 Å². The van der Waals surface area contributed by atoms with Crippen LogP contribution in [-0.4, -0.2) is 23.5 Å². The average molecular weight is 475 g/mol. The van der Waals surface area contributed by atoms with Gasteiger partial charge < -0.3 is 14.8 Å². The number of halogens is 1. The molecule has 0 aliphatic heterocycles. The first-order chi connectivity index (χ1) is 13.9. The van der Waals surface area contributed by atoms with Crippen molar-refractivity contribution in [1.29, 1.82) is 0 Å². The van der Waals surface area contributed by atoms with Crippen LogP contribution in [-0.2, 0) is 16.1 Å². The summed E-state index contributed by atoms with van der Waals surface area (Å²) in [5, 5.41) is 5.66. The normalized spacial score (nSPS) is 10.4. The highest BCUT2D eigenvalue weighted by Crippen LogP contribution is 2.20. The second-order valence-electron chi connectivity index (χ2n) is 6.25. The SMILES string of the molecule is Cc1nc(COc2ccc(C(=O)OCC(=O)Nc3ccc(Br)cc3C)cc2)cs1. The maximum absolute atomic E-state index is 12.1. The molecular weight excluding hydrogens is 456 g/mol. The van der Waals surface area contributed by atoms with Crippen molar-refractivity contribution >= 4 is 44.8 Å². The Bertz CT molecular complexity index is 1020. The van der Waals surface area contributed by atoms with Crippen LogP contribution in [0.5, 0.6) is 5.75 Å². The number of thiazole rings is 1. The predicted octanol–water partition coefficient (Wildman–Crippen LogP) is 4.90. The van der Waals surface area contributed by atoms with Crippen LogP contribution in [0.25, 0.3) is 0 Å². The minimum atomic E-state index is -0.575. The molecule has 0 saturated heterocycles. The Balaban J connectivity index is 1.48. The molecule has 29 heavy (non-hydrogen) atoms. The minimum absolute atomic E-state index is 0.342. The lowest BCUT2D eigenvalue weighted by Crippen LogP contribution is -2.21. The third kappa shape index (κ3) is 6.13. The van der Waals surface area contributed by atoms with E-state index in [-0.39, 0.29) is 6.61 Å². The molecule has 8 heteroatoms. The molecule has 0 fully saturated rings. The smallest absolute Gasteiger partial charge is 0.338 e. The van der Waals surface area contributed by atoms with E-state index in [1.807, 2.05) is 31.4 Å². The number of amides is 1. The van der Waals surface area contributed by atoms with E-state index in [0.29, 0.717) is 23.6 Å². The molecule has 6 nitrogen and oxygen atoms in total. The van der Waals surface area contributed by atoms with Gasteiger partial charge in [0.15, 0.2) is 6.61 Å². The zero-order valence-corrected chi connectivity index (χ0v) is 18.3. The maximum atomic E-state index is 12.1. The first-order valence-corrected chi connectivity index (χ1v) is 10.4. The molecule has 1 N–H and O–H groups in total. The van der Waals surface area contributed by atoms with Crippen LogP contribution in [0.4, 0.5) is 5.69 Å². The van der Waals surface area contributed by atoms with Gasteiger partial charge in [-0.3, -0.25) is 4.79 Å². The van der Waals surface area contributed by atoms with Crippen molar-refractivity contribution in [1.82, 2.24) is 4.98 Å². The largest absolute Gasteiger partial charge is 0.487 e. The van der Waals surface area contributed by atoms with E-state index in [4.69, 9.17) is 9.47 Å². The number of hydrogen-bond acceptors (Lipinski definition) is 6. The summed E-state index contributed by atoms with van der Waals surface area (Å²) < 4.78 is 11.7. The molecule has 1 amide bonds. The van der Waals surface area contributed by atoms with Crippen LogP contribution in [0.2, 0.25) is 0 Å². The standard InChI is InChI=1S/C21H19BrN2O4S/c1-13-9-16(22)5-8-19(13)24-20(25)11-28-21(26)15-3-6-18(7-4-15)27-10-17-12-29-14(2)23-17/h3-9,12H,10-11H2,1-2H3,(H,24,25). The number of nitrogens with one attached hydrogen (secondary N) is 1. The van der Waals surface area contributed by atoms with Gasteiger partial charge in [-0.05, 0) is 61.9 Å². The third-order valence-corrected chi connectivity index (χ3v) is 5.26. The summed E-state index contributed by atoms with van der Waals surface area (Å²) in [6.45, 7) is 3.82. The first-order valence-electron chi connectivity index (χ1n) is 8.78. The highest BCUT2D eigenvalue weighted by Gasteiger charge is 2.12. The fraction of sp³-hybridized carbons (Fsp3) is 0.190. The molecule has 0 spiro atoms. The highest BCUT2D eigenvalue weighted by molar-refractivity contribution is 9.10. The van der Waals surface area contributed by atoms with Gasteiger partial charge in [-0.1, -0.05) is 15.9 Å². The number of anilines is 1. The summed E-state index contributed by atoms with van der Waals surface area (Å²) in [6, 6.07) is 12.1. The highest BCUT2D eigenvalue weighted by atomic mass is 79.9. The molecule has 1 heterocycles. The predicted molar refractivity (Wildman–Crippen MR) is 115 cm³/mol. The third-order valence-electron chi connectivity index (χ3n) is 3.94. The van der Waals surface area contributed by atoms with Crippen molar-refractivity contribution in [2.24, 2.45) is 0 Å². The molecule has 0 atom stereocenters. The van der Waals surface area contributed by atoms with Crippen LogP contribution in [0.3, 0.4) is 0 Å². The van der Waals surface area contributed by atoms with Gasteiger partial charge in [0.1, 0.15) is 12.4 Å². The average Bonchev–Trinajstić information content (AvgIpc) is 3.12. The summed E-state index contributed by atoms with van der Waals surface area (Å²) in [7, 11) is 0. The van der Waals surface area contributed by atoms with Crippen molar-refractivity contribution < 1.29 is 19.1 Å². The fourth-order valence-electron chi connectivity index (χ4n) is 2.49. The molecule has 3 rings (SSSR count). The van der Waals surface area contributed by atoms with Gasteiger partial charge in [0.05, 0.1) is 16.3 Å². The van der Waals surface area contributed by atoms with Crippen LogP contribution < -0.4 is 10.1 Å². The van der Waals surface area contributed by atoms with E-state index in [2.05, 4.69) is 26.2 Å². The van der Waals surface area contributed by atoms with Crippen LogP contribution in [0.1, 0.15) is 26.6 Å². The Morgan fingerprint density at radius 3 is 2.55 bits per heavy atom. The minimum Gasteiger partial charge on any atom is -0.487 e. The van der Waals surface area contributed by atoms with E-state index < -0.39 is 11.9 Å².